The summed E-state index contributed by atoms with van der Waals surface area (Å²) in [6.45, 7) is 4.87. The molecule has 8 heteroatoms. The number of hydrogen-bond acceptors (Lipinski definition) is 3. The zero-order valence-electron chi connectivity index (χ0n) is 16.3. The molecule has 1 aliphatic heterocycles. The molecule has 0 unspecified atom stereocenters. The first kappa shape index (κ1) is 20.0. The summed E-state index contributed by atoms with van der Waals surface area (Å²) in [5.74, 6) is -0.437. The van der Waals surface area contributed by atoms with E-state index >= 15 is 0 Å². The number of nitrogens with zero attached hydrogens (tertiary/aromatic N) is 4. The minimum Gasteiger partial charge on any atom is -0.337 e. The van der Waals surface area contributed by atoms with E-state index in [1.54, 1.807) is 9.80 Å². The number of amides is 2. The number of hydrogen-bond donors (Lipinski definition) is 0. The lowest BCUT2D eigenvalue weighted by Crippen LogP contribution is -2.37. The molecule has 3 rings (SSSR count). The molecule has 2 amide bonds. The second kappa shape index (κ2) is 8.08. The van der Waals surface area contributed by atoms with Gasteiger partial charge in [0.05, 0.1) is 0 Å². The van der Waals surface area contributed by atoms with Crippen LogP contribution in [0.4, 0.5) is 8.78 Å². The van der Waals surface area contributed by atoms with Crippen LogP contribution in [-0.4, -0.2) is 57.6 Å². The molecule has 1 fully saturated rings. The maximum absolute atomic E-state index is 13.0. The highest BCUT2D eigenvalue weighted by atomic mass is 19.3. The Morgan fingerprint density at radius 1 is 0.929 bits per heavy atom. The van der Waals surface area contributed by atoms with Gasteiger partial charge in [-0.05, 0) is 56.0 Å². The molecule has 1 aliphatic rings. The van der Waals surface area contributed by atoms with E-state index in [9.17, 15) is 18.4 Å². The summed E-state index contributed by atoms with van der Waals surface area (Å²) in [7, 11) is 0. The Hall–Kier alpha value is -2.77. The predicted molar refractivity (Wildman–Crippen MR) is 101 cm³/mol. The summed E-state index contributed by atoms with van der Waals surface area (Å²) in [6, 6.07) is 5.22. The van der Waals surface area contributed by atoms with Crippen molar-refractivity contribution in [3.05, 3.63) is 52.3 Å². The van der Waals surface area contributed by atoms with Crippen LogP contribution in [0.25, 0.3) is 0 Å². The van der Waals surface area contributed by atoms with Crippen LogP contribution in [0.3, 0.4) is 0 Å². The summed E-state index contributed by atoms with van der Waals surface area (Å²) in [5, 5.41) is 3.64. The number of carbonyl (C=O) groups is 2. The molecule has 0 saturated carbocycles. The van der Waals surface area contributed by atoms with Gasteiger partial charge < -0.3 is 9.80 Å². The van der Waals surface area contributed by atoms with Crippen molar-refractivity contribution < 1.29 is 18.4 Å². The fraction of sp³-hybridized carbons (Fsp3) is 0.450. The third-order valence-electron chi connectivity index (χ3n) is 5.17. The topological polar surface area (TPSA) is 58.4 Å². The Bertz CT molecular complexity index is 894. The highest BCUT2D eigenvalue weighted by Gasteiger charge is 2.26. The van der Waals surface area contributed by atoms with Crippen molar-refractivity contribution in [2.45, 2.75) is 33.7 Å². The maximum atomic E-state index is 13.0. The Kier molecular flexibility index (Phi) is 5.76. The average Bonchev–Trinajstić information content (AvgIpc) is 3.02. The zero-order chi connectivity index (χ0) is 20.4. The van der Waals surface area contributed by atoms with E-state index in [-0.39, 0.29) is 11.6 Å². The van der Waals surface area contributed by atoms with Crippen LogP contribution in [-0.2, 0) is 0 Å². The molecular weight excluding hydrogens is 366 g/mol. The van der Waals surface area contributed by atoms with Crippen LogP contribution in [0.1, 0.15) is 50.5 Å². The van der Waals surface area contributed by atoms with Crippen molar-refractivity contribution in [1.82, 2.24) is 19.6 Å². The minimum absolute atomic E-state index is 0.00918. The van der Waals surface area contributed by atoms with Gasteiger partial charge in [-0.3, -0.25) is 9.59 Å². The van der Waals surface area contributed by atoms with E-state index in [4.69, 9.17) is 0 Å². The largest absolute Gasteiger partial charge is 0.337 e. The molecule has 6 nitrogen and oxygen atoms in total. The molecule has 0 bridgehead atoms. The van der Waals surface area contributed by atoms with Crippen LogP contribution in [0.2, 0.25) is 0 Å². The highest BCUT2D eigenvalue weighted by Crippen LogP contribution is 2.19. The zero-order valence-corrected chi connectivity index (χ0v) is 16.3. The lowest BCUT2D eigenvalue weighted by molar-refractivity contribution is 0.0550. The smallest absolute Gasteiger partial charge is 0.333 e. The van der Waals surface area contributed by atoms with Gasteiger partial charge >= 0.3 is 6.55 Å². The summed E-state index contributed by atoms with van der Waals surface area (Å²) >= 11 is 0. The SMILES string of the molecule is Cc1cc(C)c(C(=O)N2CCCN(C(=O)c3ccn(C(F)F)n3)CC2)cc1C. The van der Waals surface area contributed by atoms with Crippen molar-refractivity contribution >= 4 is 11.8 Å². The normalized spacial score (nSPS) is 15.1. The quantitative estimate of drug-likeness (QED) is 0.809. The van der Waals surface area contributed by atoms with Crippen molar-refractivity contribution in [3.63, 3.8) is 0 Å². The first-order valence-electron chi connectivity index (χ1n) is 9.27. The number of aromatic nitrogens is 2. The monoisotopic (exact) mass is 390 g/mol. The van der Waals surface area contributed by atoms with Crippen LogP contribution in [0.15, 0.2) is 24.4 Å². The molecule has 1 aromatic heterocycles. The molecule has 0 radical (unpaired) electrons. The fourth-order valence-corrected chi connectivity index (χ4v) is 3.41. The van der Waals surface area contributed by atoms with E-state index in [1.807, 2.05) is 32.9 Å². The van der Waals surface area contributed by atoms with E-state index in [0.29, 0.717) is 42.8 Å². The third-order valence-corrected chi connectivity index (χ3v) is 5.17. The summed E-state index contributed by atoms with van der Waals surface area (Å²) in [5.41, 5.74) is 3.81. The third kappa shape index (κ3) is 4.05. The van der Waals surface area contributed by atoms with Gasteiger partial charge in [0.15, 0.2) is 5.69 Å². The Labute approximate surface area is 162 Å². The summed E-state index contributed by atoms with van der Waals surface area (Å²) in [4.78, 5) is 28.9. The number of rotatable bonds is 3. The maximum Gasteiger partial charge on any atom is 0.333 e. The minimum atomic E-state index is -2.78. The lowest BCUT2D eigenvalue weighted by Gasteiger charge is -2.23. The first-order valence-corrected chi connectivity index (χ1v) is 9.27. The summed E-state index contributed by atoms with van der Waals surface area (Å²) < 4.78 is 25.8. The molecule has 0 spiro atoms. The fourth-order valence-electron chi connectivity index (χ4n) is 3.41. The van der Waals surface area contributed by atoms with Gasteiger partial charge in [0.1, 0.15) is 0 Å². The molecule has 0 atom stereocenters. The molecule has 0 aliphatic carbocycles. The van der Waals surface area contributed by atoms with Crippen molar-refractivity contribution in [3.8, 4) is 0 Å². The highest BCUT2D eigenvalue weighted by molar-refractivity contribution is 5.96. The van der Waals surface area contributed by atoms with Gasteiger partial charge in [0.2, 0.25) is 0 Å². The van der Waals surface area contributed by atoms with Crippen LogP contribution < -0.4 is 0 Å². The van der Waals surface area contributed by atoms with Gasteiger partial charge in [-0.25, -0.2) is 4.68 Å². The van der Waals surface area contributed by atoms with Crippen molar-refractivity contribution in [2.75, 3.05) is 26.2 Å². The number of halogens is 2. The van der Waals surface area contributed by atoms with Crippen molar-refractivity contribution in [2.24, 2.45) is 0 Å². The van der Waals surface area contributed by atoms with E-state index in [0.717, 1.165) is 22.9 Å². The Morgan fingerprint density at radius 2 is 1.54 bits per heavy atom. The van der Waals surface area contributed by atoms with Crippen LogP contribution in [0.5, 0.6) is 0 Å². The molecule has 2 heterocycles. The van der Waals surface area contributed by atoms with Gasteiger partial charge in [-0.15, -0.1) is 0 Å². The van der Waals surface area contributed by atoms with Crippen LogP contribution in [0, 0.1) is 20.8 Å². The lowest BCUT2D eigenvalue weighted by atomic mass is 10.00. The van der Waals surface area contributed by atoms with Gasteiger partial charge in [-0.2, -0.15) is 13.9 Å². The van der Waals surface area contributed by atoms with E-state index in [2.05, 4.69) is 5.10 Å². The Balaban J connectivity index is 1.70. The molecule has 0 N–H and O–H groups in total. The van der Waals surface area contributed by atoms with Gasteiger partial charge in [0.25, 0.3) is 11.8 Å². The number of aryl methyl sites for hydroxylation is 3. The van der Waals surface area contributed by atoms with E-state index < -0.39 is 12.5 Å². The molecule has 28 heavy (non-hydrogen) atoms. The molecule has 1 saturated heterocycles. The molecular formula is C20H24F2N4O2. The predicted octanol–water partition coefficient (Wildman–Crippen LogP) is 3.19. The summed E-state index contributed by atoms with van der Waals surface area (Å²) in [6.07, 6.45) is 1.71. The first-order chi connectivity index (χ1) is 13.3. The number of alkyl halides is 2. The average molecular weight is 390 g/mol. The number of carbonyl (C=O) groups excluding carboxylic acids is 2. The Morgan fingerprint density at radius 3 is 2.14 bits per heavy atom. The van der Waals surface area contributed by atoms with E-state index in [1.165, 1.54) is 6.07 Å². The molecule has 150 valence electrons. The molecule has 2 aromatic rings. The second-order valence-electron chi connectivity index (χ2n) is 7.15. The van der Waals surface area contributed by atoms with Gasteiger partial charge in [0, 0.05) is 37.9 Å². The van der Waals surface area contributed by atoms with Gasteiger partial charge in [-0.1, -0.05) is 6.07 Å². The standard InChI is InChI=1S/C20H24F2N4O2/c1-13-11-15(3)16(12-14(13)2)18(27)24-6-4-7-25(10-9-24)19(28)17-5-8-26(23-17)20(21)22/h5,8,11-12,20H,4,6-7,9-10H2,1-3H3. The van der Waals surface area contributed by atoms with Crippen molar-refractivity contribution in [1.29, 1.82) is 0 Å². The second-order valence-corrected chi connectivity index (χ2v) is 7.15. The van der Waals surface area contributed by atoms with Crippen LogP contribution >= 0.6 is 0 Å². The molecule has 1 aromatic carbocycles. The number of benzene rings is 1.